The first-order valence-electron chi connectivity index (χ1n) is 6.47. The summed E-state index contributed by atoms with van der Waals surface area (Å²) in [5, 5.41) is 0. The number of nitrogens with two attached hydrogens (primary N) is 1. The van der Waals surface area contributed by atoms with E-state index in [-0.39, 0.29) is 11.7 Å². The Morgan fingerprint density at radius 2 is 1.90 bits per heavy atom. The molecule has 1 aliphatic rings. The number of anilines is 1. The Kier molecular flexibility index (Phi) is 2.93. The number of hydrogen-bond donors (Lipinski definition) is 1. The van der Waals surface area contributed by atoms with Crippen LogP contribution in [0.5, 0.6) is 0 Å². The molecule has 0 unspecified atom stereocenters. The smallest absolute Gasteiger partial charge is 0.254 e. The monoisotopic (exact) mass is 270 g/mol. The van der Waals surface area contributed by atoms with Crippen LogP contribution in [0.3, 0.4) is 0 Å². The van der Waals surface area contributed by atoms with Crippen LogP contribution >= 0.6 is 0 Å². The fraction of sp³-hybridized carbons (Fsp3) is 0.188. The van der Waals surface area contributed by atoms with E-state index in [0.29, 0.717) is 29.9 Å². The van der Waals surface area contributed by atoms with Crippen molar-refractivity contribution in [2.24, 2.45) is 0 Å². The first-order chi connectivity index (χ1) is 9.54. The normalized spacial score (nSPS) is 13.4. The van der Waals surface area contributed by atoms with Crippen molar-refractivity contribution >= 4 is 11.6 Å². The van der Waals surface area contributed by atoms with Crippen molar-refractivity contribution in [3.05, 3.63) is 64.5 Å². The molecule has 2 aromatic rings. The number of benzene rings is 2. The van der Waals surface area contributed by atoms with Crippen molar-refractivity contribution in [3.63, 3.8) is 0 Å². The van der Waals surface area contributed by atoms with Crippen LogP contribution < -0.4 is 5.73 Å². The highest BCUT2D eigenvalue weighted by Crippen LogP contribution is 2.26. The molecule has 0 saturated carbocycles. The van der Waals surface area contributed by atoms with Gasteiger partial charge in [-0.2, -0.15) is 0 Å². The van der Waals surface area contributed by atoms with E-state index < -0.39 is 0 Å². The summed E-state index contributed by atoms with van der Waals surface area (Å²) in [7, 11) is 0. The first kappa shape index (κ1) is 12.7. The van der Waals surface area contributed by atoms with Crippen molar-refractivity contribution in [1.29, 1.82) is 0 Å². The van der Waals surface area contributed by atoms with Crippen LogP contribution in [-0.4, -0.2) is 10.8 Å². The summed E-state index contributed by atoms with van der Waals surface area (Å²) >= 11 is 0. The lowest BCUT2D eigenvalue weighted by molar-refractivity contribution is 0.0751. The van der Waals surface area contributed by atoms with Gasteiger partial charge in [0.15, 0.2) is 0 Å². The summed E-state index contributed by atoms with van der Waals surface area (Å²) in [6, 6.07) is 10.3. The zero-order valence-corrected chi connectivity index (χ0v) is 11.2. The van der Waals surface area contributed by atoms with Gasteiger partial charge < -0.3 is 10.6 Å². The molecule has 0 atom stereocenters. The maximum atomic E-state index is 13.6. The van der Waals surface area contributed by atoms with Gasteiger partial charge in [-0.05, 0) is 47.9 Å². The van der Waals surface area contributed by atoms with Crippen molar-refractivity contribution in [2.45, 2.75) is 20.0 Å². The number of halogens is 1. The Hall–Kier alpha value is -2.36. The Labute approximate surface area is 116 Å². The van der Waals surface area contributed by atoms with E-state index in [2.05, 4.69) is 0 Å². The molecule has 0 radical (unpaired) electrons. The second-order valence-electron chi connectivity index (χ2n) is 5.15. The zero-order chi connectivity index (χ0) is 14.3. The lowest BCUT2D eigenvalue weighted by atomic mass is 10.1. The van der Waals surface area contributed by atoms with Crippen LogP contribution in [0.2, 0.25) is 0 Å². The third-order valence-corrected chi connectivity index (χ3v) is 3.66. The minimum Gasteiger partial charge on any atom is -0.399 e. The number of carbonyl (C=O) groups is 1. The van der Waals surface area contributed by atoms with Gasteiger partial charge in [0.25, 0.3) is 5.91 Å². The number of fused-ring (bicyclic) bond motifs is 1. The molecule has 1 amide bonds. The molecular formula is C16H15FN2O. The molecule has 102 valence electrons. The number of carbonyl (C=O) groups excluding carboxylic acids is 1. The Balaban J connectivity index is 1.85. The molecule has 0 aromatic heterocycles. The van der Waals surface area contributed by atoms with Gasteiger partial charge >= 0.3 is 0 Å². The molecule has 0 bridgehead atoms. The summed E-state index contributed by atoms with van der Waals surface area (Å²) in [5.41, 5.74) is 9.52. The molecule has 2 aromatic carbocycles. The quantitative estimate of drug-likeness (QED) is 0.810. The van der Waals surface area contributed by atoms with Gasteiger partial charge in [0.1, 0.15) is 5.82 Å². The molecule has 20 heavy (non-hydrogen) atoms. The van der Waals surface area contributed by atoms with Gasteiger partial charge in [0.05, 0.1) is 0 Å². The average molecular weight is 270 g/mol. The number of hydrogen-bond acceptors (Lipinski definition) is 2. The van der Waals surface area contributed by atoms with Crippen LogP contribution in [0.4, 0.5) is 10.1 Å². The van der Waals surface area contributed by atoms with E-state index in [9.17, 15) is 9.18 Å². The van der Waals surface area contributed by atoms with Gasteiger partial charge in [-0.15, -0.1) is 0 Å². The highest BCUT2D eigenvalue weighted by atomic mass is 19.1. The van der Waals surface area contributed by atoms with E-state index in [4.69, 9.17) is 5.73 Å². The minimum atomic E-state index is -0.350. The van der Waals surface area contributed by atoms with E-state index in [0.717, 1.165) is 11.1 Å². The number of amides is 1. The molecule has 0 aliphatic carbocycles. The fourth-order valence-corrected chi connectivity index (χ4v) is 2.47. The van der Waals surface area contributed by atoms with E-state index >= 15 is 0 Å². The van der Waals surface area contributed by atoms with Crippen LogP contribution in [0.15, 0.2) is 36.4 Å². The summed E-state index contributed by atoms with van der Waals surface area (Å²) in [4.78, 5) is 14.1. The zero-order valence-electron chi connectivity index (χ0n) is 11.2. The molecule has 1 heterocycles. The topological polar surface area (TPSA) is 46.3 Å². The molecular weight excluding hydrogens is 255 g/mol. The third-order valence-electron chi connectivity index (χ3n) is 3.66. The number of rotatable bonds is 1. The SMILES string of the molecule is Cc1ccc(C(=O)N2Cc3ccc(N)cc3C2)cc1F. The van der Waals surface area contributed by atoms with Crippen molar-refractivity contribution in [1.82, 2.24) is 4.90 Å². The number of nitrogen functional groups attached to an aromatic ring is 1. The van der Waals surface area contributed by atoms with E-state index in [1.807, 2.05) is 18.2 Å². The van der Waals surface area contributed by atoms with Gasteiger partial charge in [0.2, 0.25) is 0 Å². The standard InChI is InChI=1S/C16H15FN2O/c1-10-2-3-11(7-15(10)17)16(20)19-8-12-4-5-14(18)6-13(12)9-19/h2-7H,8-9,18H2,1H3. The highest BCUT2D eigenvalue weighted by molar-refractivity contribution is 5.94. The second kappa shape index (κ2) is 4.63. The summed E-state index contributed by atoms with van der Waals surface area (Å²) < 4.78 is 13.6. The maximum Gasteiger partial charge on any atom is 0.254 e. The lowest BCUT2D eigenvalue weighted by Gasteiger charge is -2.15. The van der Waals surface area contributed by atoms with Crippen LogP contribution in [0, 0.1) is 12.7 Å². The van der Waals surface area contributed by atoms with Crippen molar-refractivity contribution < 1.29 is 9.18 Å². The Bertz CT molecular complexity index is 697. The summed E-state index contributed by atoms with van der Waals surface area (Å²) in [6.07, 6.45) is 0. The summed E-state index contributed by atoms with van der Waals surface area (Å²) in [5.74, 6) is -0.504. The van der Waals surface area contributed by atoms with Crippen LogP contribution in [-0.2, 0) is 13.1 Å². The number of aryl methyl sites for hydroxylation is 1. The molecule has 3 rings (SSSR count). The lowest BCUT2D eigenvalue weighted by Crippen LogP contribution is -2.25. The molecule has 2 N–H and O–H groups in total. The molecule has 0 saturated heterocycles. The molecule has 3 nitrogen and oxygen atoms in total. The van der Waals surface area contributed by atoms with Crippen molar-refractivity contribution in [2.75, 3.05) is 5.73 Å². The van der Waals surface area contributed by atoms with Gasteiger partial charge in [-0.25, -0.2) is 4.39 Å². The highest BCUT2D eigenvalue weighted by Gasteiger charge is 2.24. The van der Waals surface area contributed by atoms with Gasteiger partial charge in [0, 0.05) is 24.3 Å². The second-order valence-corrected chi connectivity index (χ2v) is 5.15. The third kappa shape index (κ3) is 2.13. The predicted octanol–water partition coefficient (Wildman–Crippen LogP) is 2.87. The van der Waals surface area contributed by atoms with Gasteiger partial charge in [-0.3, -0.25) is 4.79 Å². The summed E-state index contributed by atoms with van der Waals surface area (Å²) in [6.45, 7) is 2.75. The molecule has 1 aliphatic heterocycles. The van der Waals surface area contributed by atoms with E-state index in [1.165, 1.54) is 6.07 Å². The van der Waals surface area contributed by atoms with Crippen LogP contribution in [0.25, 0.3) is 0 Å². The van der Waals surface area contributed by atoms with Crippen molar-refractivity contribution in [3.8, 4) is 0 Å². The fourth-order valence-electron chi connectivity index (χ4n) is 2.47. The number of nitrogens with zero attached hydrogens (tertiary/aromatic N) is 1. The maximum absolute atomic E-state index is 13.6. The van der Waals surface area contributed by atoms with E-state index in [1.54, 1.807) is 24.0 Å². The largest absolute Gasteiger partial charge is 0.399 e. The molecule has 4 heteroatoms. The first-order valence-corrected chi connectivity index (χ1v) is 6.47. The Morgan fingerprint density at radius 3 is 2.65 bits per heavy atom. The van der Waals surface area contributed by atoms with Crippen LogP contribution in [0.1, 0.15) is 27.0 Å². The average Bonchev–Trinajstić information content (AvgIpc) is 2.84. The Morgan fingerprint density at radius 1 is 1.15 bits per heavy atom. The molecule has 0 fully saturated rings. The molecule has 0 spiro atoms. The van der Waals surface area contributed by atoms with Gasteiger partial charge in [-0.1, -0.05) is 12.1 Å². The predicted molar refractivity (Wildman–Crippen MR) is 75.6 cm³/mol. The minimum absolute atomic E-state index is 0.154.